The Labute approximate surface area is 101 Å². The normalized spacial score (nSPS) is 7.70. The monoisotopic (exact) mass is 170 g/mol. The molecule has 1 amide bonds. The molecule has 5 nitrogen and oxygen atoms in total. The van der Waals surface area contributed by atoms with Crippen LogP contribution in [0.2, 0.25) is 0 Å². The minimum absolute atomic E-state index is 0. The van der Waals surface area contributed by atoms with Gasteiger partial charge in [-0.3, -0.25) is 4.79 Å². The van der Waals surface area contributed by atoms with Crippen LogP contribution in [0.3, 0.4) is 0 Å². The van der Waals surface area contributed by atoms with Crippen molar-refractivity contribution < 1.29 is 66.1 Å². The van der Waals surface area contributed by atoms with Gasteiger partial charge in [-0.25, -0.2) is 0 Å². The van der Waals surface area contributed by atoms with E-state index in [-0.39, 0.29) is 57.9 Å². The Morgan fingerprint density at radius 1 is 1.50 bits per heavy atom. The van der Waals surface area contributed by atoms with Crippen LogP contribution in [0.15, 0.2) is 0 Å². The quantitative estimate of drug-likeness (QED) is 0.412. The predicted octanol–water partition coefficient (Wildman–Crippen LogP) is -6.18. The summed E-state index contributed by atoms with van der Waals surface area (Å²) >= 11 is 0. The van der Waals surface area contributed by atoms with E-state index >= 15 is 0 Å². The third-order valence-electron chi connectivity index (χ3n) is 0.615. The van der Waals surface area contributed by atoms with Crippen LogP contribution in [-0.4, -0.2) is 25.0 Å². The Balaban J connectivity index is 0. The maximum absolute atomic E-state index is 10.2. The minimum atomic E-state index is -1.32. The van der Waals surface area contributed by atoms with Crippen LogP contribution in [0.4, 0.5) is 0 Å². The molecular formula is C4H7KN2O3. The SMILES string of the molecule is NCC(=O)NCC(=O)[O-].[K+]. The van der Waals surface area contributed by atoms with Crippen molar-refractivity contribution in [3.8, 4) is 0 Å². The molecule has 0 aliphatic carbocycles. The number of nitrogens with one attached hydrogen (secondary N) is 1. The summed E-state index contributed by atoms with van der Waals surface area (Å²) < 4.78 is 0. The van der Waals surface area contributed by atoms with Crippen LogP contribution < -0.4 is 67.5 Å². The van der Waals surface area contributed by atoms with Gasteiger partial charge in [-0.05, 0) is 0 Å². The molecule has 10 heavy (non-hydrogen) atoms. The van der Waals surface area contributed by atoms with Crippen LogP contribution in [0, 0.1) is 0 Å². The second-order valence-electron chi connectivity index (χ2n) is 1.35. The van der Waals surface area contributed by atoms with Crippen molar-refractivity contribution in [2.24, 2.45) is 5.73 Å². The predicted molar refractivity (Wildman–Crippen MR) is 27.1 cm³/mol. The summed E-state index contributed by atoms with van der Waals surface area (Å²) in [5, 5.41) is 11.7. The van der Waals surface area contributed by atoms with Crippen LogP contribution in [0.25, 0.3) is 0 Å². The van der Waals surface area contributed by atoms with Crippen molar-refractivity contribution in [3.63, 3.8) is 0 Å². The molecule has 0 aromatic heterocycles. The number of rotatable bonds is 3. The molecule has 52 valence electrons. The fourth-order valence-electron chi connectivity index (χ4n) is 0.243. The molecule has 0 heterocycles. The van der Waals surface area contributed by atoms with Gasteiger partial charge in [-0.2, -0.15) is 0 Å². The first-order chi connectivity index (χ1) is 4.16. The number of amides is 1. The maximum Gasteiger partial charge on any atom is 1.00 e. The molecule has 0 unspecified atom stereocenters. The fraction of sp³-hybridized carbons (Fsp3) is 0.500. The molecule has 0 aromatic carbocycles. The second-order valence-corrected chi connectivity index (χ2v) is 1.35. The summed E-state index contributed by atoms with van der Waals surface area (Å²) in [4.78, 5) is 19.8. The topological polar surface area (TPSA) is 95.2 Å². The summed E-state index contributed by atoms with van der Waals surface area (Å²) in [5.74, 6) is -1.82. The number of nitrogens with two attached hydrogens (primary N) is 1. The molecule has 0 aliphatic rings. The van der Waals surface area contributed by atoms with Crippen LogP contribution >= 0.6 is 0 Å². The Bertz CT molecular complexity index is 128. The van der Waals surface area contributed by atoms with Crippen molar-refractivity contribution in [2.75, 3.05) is 13.1 Å². The third-order valence-corrected chi connectivity index (χ3v) is 0.615. The Kier molecular flexibility index (Phi) is 10.0. The van der Waals surface area contributed by atoms with Gasteiger partial charge in [0.2, 0.25) is 5.91 Å². The molecule has 0 spiro atoms. The van der Waals surface area contributed by atoms with Crippen LogP contribution in [-0.2, 0) is 9.59 Å². The number of carbonyl (C=O) groups excluding carboxylic acids is 2. The van der Waals surface area contributed by atoms with E-state index in [1.807, 2.05) is 5.32 Å². The molecule has 0 saturated carbocycles. The summed E-state index contributed by atoms with van der Waals surface area (Å²) in [6.45, 7) is -0.677. The van der Waals surface area contributed by atoms with Gasteiger partial charge < -0.3 is 21.0 Å². The van der Waals surface area contributed by atoms with Gasteiger partial charge in [0.25, 0.3) is 0 Å². The molecule has 0 aromatic rings. The largest absolute Gasteiger partial charge is 1.00 e. The van der Waals surface area contributed by atoms with Gasteiger partial charge in [0.05, 0.1) is 19.1 Å². The van der Waals surface area contributed by atoms with E-state index in [0.717, 1.165) is 0 Å². The molecule has 0 fully saturated rings. The molecule has 0 atom stereocenters. The van der Waals surface area contributed by atoms with E-state index in [1.54, 1.807) is 0 Å². The third kappa shape index (κ3) is 8.54. The van der Waals surface area contributed by atoms with Crippen LogP contribution in [0.5, 0.6) is 0 Å². The standard InChI is InChI=1S/C4H8N2O3.K/c5-1-3(7)6-2-4(8)9;/h1-2,5H2,(H,6,7)(H,8,9);/q;+1/p-1. The van der Waals surface area contributed by atoms with E-state index in [9.17, 15) is 14.7 Å². The van der Waals surface area contributed by atoms with Crippen molar-refractivity contribution in [1.82, 2.24) is 5.32 Å². The molecule has 0 saturated heterocycles. The van der Waals surface area contributed by atoms with E-state index in [1.165, 1.54) is 0 Å². The Morgan fingerprint density at radius 3 is 2.30 bits per heavy atom. The van der Waals surface area contributed by atoms with E-state index in [4.69, 9.17) is 5.73 Å². The number of aliphatic carboxylic acids is 1. The molecule has 0 aliphatic heterocycles. The van der Waals surface area contributed by atoms with Crippen LogP contribution in [0.1, 0.15) is 0 Å². The first-order valence-electron chi connectivity index (χ1n) is 2.33. The van der Waals surface area contributed by atoms with Gasteiger partial charge >= 0.3 is 51.4 Å². The van der Waals surface area contributed by atoms with Crippen molar-refractivity contribution in [1.29, 1.82) is 0 Å². The number of carboxylic acid groups (broad SMARTS) is 1. The first-order valence-corrected chi connectivity index (χ1v) is 2.33. The molecule has 3 N–H and O–H groups in total. The number of carbonyl (C=O) groups is 2. The van der Waals surface area contributed by atoms with Gasteiger partial charge in [0.1, 0.15) is 0 Å². The van der Waals surface area contributed by atoms with Crippen molar-refractivity contribution in [3.05, 3.63) is 0 Å². The van der Waals surface area contributed by atoms with Crippen molar-refractivity contribution >= 4 is 11.9 Å². The van der Waals surface area contributed by atoms with Gasteiger partial charge in [-0.1, -0.05) is 0 Å². The van der Waals surface area contributed by atoms with E-state index in [0.29, 0.717) is 0 Å². The van der Waals surface area contributed by atoms with Gasteiger partial charge in [0, 0.05) is 0 Å². The zero-order chi connectivity index (χ0) is 7.28. The van der Waals surface area contributed by atoms with E-state index in [2.05, 4.69) is 0 Å². The summed E-state index contributed by atoms with van der Waals surface area (Å²) in [7, 11) is 0. The summed E-state index contributed by atoms with van der Waals surface area (Å²) in [6.07, 6.45) is 0. The minimum Gasteiger partial charge on any atom is -0.548 e. The zero-order valence-corrected chi connectivity index (χ0v) is 8.84. The zero-order valence-electron chi connectivity index (χ0n) is 5.72. The number of hydrogen-bond acceptors (Lipinski definition) is 4. The molecule has 0 rings (SSSR count). The van der Waals surface area contributed by atoms with E-state index < -0.39 is 18.4 Å². The molecule has 6 heteroatoms. The average Bonchev–Trinajstić information content (AvgIpc) is 1.83. The number of hydrogen-bond donors (Lipinski definition) is 2. The molecular weight excluding hydrogens is 163 g/mol. The van der Waals surface area contributed by atoms with Crippen molar-refractivity contribution in [2.45, 2.75) is 0 Å². The molecule has 0 bridgehead atoms. The summed E-state index contributed by atoms with van der Waals surface area (Å²) in [6, 6.07) is 0. The fourth-order valence-corrected chi connectivity index (χ4v) is 0.243. The second kappa shape index (κ2) is 7.64. The summed E-state index contributed by atoms with van der Waals surface area (Å²) in [5.41, 5.74) is 4.83. The number of carboxylic acids is 1. The smallest absolute Gasteiger partial charge is 0.548 e. The van der Waals surface area contributed by atoms with Gasteiger partial charge in [0.15, 0.2) is 0 Å². The van der Waals surface area contributed by atoms with Gasteiger partial charge in [-0.15, -0.1) is 0 Å². The Hall–Kier alpha value is 0.536. The Morgan fingerprint density at radius 2 is 2.00 bits per heavy atom. The first kappa shape index (κ1) is 13.1. The maximum atomic E-state index is 10.2. The molecule has 0 radical (unpaired) electrons. The average molecular weight is 170 g/mol.